The van der Waals surface area contributed by atoms with E-state index in [0.717, 1.165) is 5.56 Å². The van der Waals surface area contributed by atoms with Gasteiger partial charge in [0.25, 0.3) is 5.91 Å². The first kappa shape index (κ1) is 17.7. The van der Waals surface area contributed by atoms with Crippen LogP contribution in [-0.2, 0) is 16.6 Å². The molecule has 0 fully saturated rings. The zero-order valence-electron chi connectivity index (χ0n) is 13.5. The van der Waals surface area contributed by atoms with Crippen LogP contribution in [0.25, 0.3) is 0 Å². The first-order valence-electron chi connectivity index (χ1n) is 7.27. The van der Waals surface area contributed by atoms with Crippen molar-refractivity contribution in [2.45, 2.75) is 5.75 Å². The molecule has 0 saturated heterocycles. The van der Waals surface area contributed by atoms with Gasteiger partial charge in [0.15, 0.2) is 0 Å². The molecule has 3 N–H and O–H groups in total. The molecular weight excluding hydrogens is 326 g/mol. The highest BCUT2D eigenvalue weighted by Crippen LogP contribution is 2.15. The topological polar surface area (TPSA) is 87.3 Å². The first-order chi connectivity index (χ1) is 11.5. The van der Waals surface area contributed by atoms with Crippen LogP contribution in [0.15, 0.2) is 48.5 Å². The highest BCUT2D eigenvalue weighted by Gasteiger charge is 2.08. The van der Waals surface area contributed by atoms with Gasteiger partial charge in [0.1, 0.15) is 0 Å². The quantitative estimate of drug-likeness (QED) is 0.778. The van der Waals surface area contributed by atoms with Crippen molar-refractivity contribution in [3.63, 3.8) is 0 Å². The van der Waals surface area contributed by atoms with Gasteiger partial charge in [0, 0.05) is 46.8 Å². The fraction of sp³-hybridized carbons (Fsp3) is 0.176. The molecule has 0 aliphatic heterocycles. The molecule has 126 valence electrons. The average molecular weight is 345 g/mol. The summed E-state index contributed by atoms with van der Waals surface area (Å²) in [5, 5.41) is 7.89. The number of hydrogen-bond donors (Lipinski definition) is 3. The summed E-state index contributed by atoms with van der Waals surface area (Å²) in [6, 6.07) is 13.5. The maximum atomic E-state index is 12.3. The van der Waals surface area contributed by atoms with Crippen molar-refractivity contribution in [3.05, 3.63) is 59.7 Å². The minimum Gasteiger partial charge on any atom is -0.341 e. The van der Waals surface area contributed by atoms with Crippen molar-refractivity contribution >= 4 is 34.1 Å². The Morgan fingerprint density at radius 1 is 1.00 bits per heavy atom. The third-order valence-electron chi connectivity index (χ3n) is 3.19. The van der Waals surface area contributed by atoms with Crippen molar-refractivity contribution in [1.29, 1.82) is 0 Å². The van der Waals surface area contributed by atoms with Crippen LogP contribution in [0.5, 0.6) is 0 Å². The number of nitrogens with one attached hydrogen (secondary N) is 3. The lowest BCUT2D eigenvalue weighted by atomic mass is 10.1. The molecule has 7 heteroatoms. The normalized spacial score (nSPS) is 11.4. The highest BCUT2D eigenvalue weighted by molar-refractivity contribution is 7.83. The number of carbonyl (C=O) groups is 2. The minimum absolute atomic E-state index is 0.245. The van der Waals surface area contributed by atoms with E-state index in [0.29, 0.717) is 22.7 Å². The van der Waals surface area contributed by atoms with Crippen LogP contribution in [0.4, 0.5) is 16.2 Å². The van der Waals surface area contributed by atoms with E-state index in [1.807, 2.05) is 6.07 Å². The lowest BCUT2D eigenvalue weighted by Gasteiger charge is -2.08. The molecule has 2 aromatic rings. The summed E-state index contributed by atoms with van der Waals surface area (Å²) in [6.45, 7) is 0. The molecular formula is C17H19N3O3S. The Morgan fingerprint density at radius 2 is 1.62 bits per heavy atom. The molecule has 0 bridgehead atoms. The van der Waals surface area contributed by atoms with Crippen LogP contribution in [-0.4, -0.2) is 29.5 Å². The molecule has 0 radical (unpaired) electrons. The zero-order valence-corrected chi connectivity index (χ0v) is 14.3. The number of hydrogen-bond acceptors (Lipinski definition) is 3. The molecule has 2 aromatic carbocycles. The van der Waals surface area contributed by atoms with E-state index in [4.69, 9.17) is 0 Å². The summed E-state index contributed by atoms with van der Waals surface area (Å²) in [7, 11) is 0.578. The predicted molar refractivity (Wildman–Crippen MR) is 96.7 cm³/mol. The second-order valence-electron chi connectivity index (χ2n) is 5.15. The Labute approximate surface area is 143 Å². The minimum atomic E-state index is -0.956. The largest absolute Gasteiger partial charge is 0.341 e. The molecule has 6 nitrogen and oxygen atoms in total. The van der Waals surface area contributed by atoms with Gasteiger partial charge in [0.05, 0.1) is 0 Å². The third-order valence-corrected chi connectivity index (χ3v) is 3.93. The van der Waals surface area contributed by atoms with Gasteiger partial charge in [-0.25, -0.2) is 4.79 Å². The number of rotatable bonds is 5. The monoisotopic (exact) mass is 345 g/mol. The van der Waals surface area contributed by atoms with E-state index in [1.165, 1.54) is 7.05 Å². The van der Waals surface area contributed by atoms with E-state index < -0.39 is 10.8 Å². The summed E-state index contributed by atoms with van der Waals surface area (Å²) in [5.41, 5.74) is 2.60. The molecule has 0 aliphatic carbocycles. The third kappa shape index (κ3) is 5.20. The van der Waals surface area contributed by atoms with Crippen molar-refractivity contribution < 1.29 is 13.8 Å². The Kier molecular flexibility index (Phi) is 6.08. The maximum absolute atomic E-state index is 12.3. The Balaban J connectivity index is 2.04. The smallest absolute Gasteiger partial charge is 0.318 e. The van der Waals surface area contributed by atoms with Crippen molar-refractivity contribution in [2.75, 3.05) is 23.9 Å². The van der Waals surface area contributed by atoms with Gasteiger partial charge in [-0.1, -0.05) is 12.1 Å². The molecule has 0 heterocycles. The zero-order chi connectivity index (χ0) is 17.5. The van der Waals surface area contributed by atoms with Crippen molar-refractivity contribution in [2.24, 2.45) is 0 Å². The summed E-state index contributed by atoms with van der Waals surface area (Å²) in [6.07, 6.45) is 1.63. The number of urea groups is 1. The summed E-state index contributed by atoms with van der Waals surface area (Å²) >= 11 is 0. The number of amides is 3. The highest BCUT2D eigenvalue weighted by atomic mass is 32.2. The first-order valence-corrected chi connectivity index (χ1v) is 9.00. The Hall–Kier alpha value is -2.67. The van der Waals surface area contributed by atoms with Crippen LogP contribution in [0.1, 0.15) is 15.9 Å². The number of benzene rings is 2. The predicted octanol–water partition coefficient (Wildman–Crippen LogP) is 2.57. The van der Waals surface area contributed by atoms with Gasteiger partial charge < -0.3 is 16.0 Å². The lowest BCUT2D eigenvalue weighted by molar-refractivity contribution is 0.102. The van der Waals surface area contributed by atoms with Gasteiger partial charge >= 0.3 is 6.03 Å². The second kappa shape index (κ2) is 8.26. The molecule has 2 rings (SSSR count). The van der Waals surface area contributed by atoms with Gasteiger partial charge in [0.2, 0.25) is 0 Å². The van der Waals surface area contributed by atoms with E-state index in [1.54, 1.807) is 48.7 Å². The molecule has 1 unspecified atom stereocenters. The Bertz CT molecular complexity index is 760. The van der Waals surface area contributed by atoms with Crippen molar-refractivity contribution in [1.82, 2.24) is 5.32 Å². The van der Waals surface area contributed by atoms with Gasteiger partial charge in [-0.05, 0) is 42.0 Å². The summed E-state index contributed by atoms with van der Waals surface area (Å²) < 4.78 is 11.3. The van der Waals surface area contributed by atoms with E-state index >= 15 is 0 Å². The fourth-order valence-electron chi connectivity index (χ4n) is 2.07. The van der Waals surface area contributed by atoms with E-state index in [9.17, 15) is 13.8 Å². The van der Waals surface area contributed by atoms with Gasteiger partial charge in [-0.3, -0.25) is 9.00 Å². The van der Waals surface area contributed by atoms with Gasteiger partial charge in [-0.15, -0.1) is 0 Å². The van der Waals surface area contributed by atoms with Crippen LogP contribution < -0.4 is 16.0 Å². The summed E-state index contributed by atoms with van der Waals surface area (Å²) in [5.74, 6) is 0.173. The van der Waals surface area contributed by atoms with E-state index in [2.05, 4.69) is 16.0 Å². The average Bonchev–Trinajstić information content (AvgIpc) is 2.56. The van der Waals surface area contributed by atoms with Crippen LogP contribution >= 0.6 is 0 Å². The standard InChI is InChI=1S/C17H19N3O3S/c1-18-17(22)20-15-8-6-14(7-9-15)19-16(21)13-5-3-4-12(10-13)11-24(2)23/h3-10H,11H2,1-2H3,(H,19,21)(H2,18,20,22). The lowest BCUT2D eigenvalue weighted by Crippen LogP contribution is -2.24. The second-order valence-corrected chi connectivity index (χ2v) is 6.59. The summed E-state index contributed by atoms with van der Waals surface area (Å²) in [4.78, 5) is 23.5. The molecule has 1 atom stereocenters. The van der Waals surface area contributed by atoms with Crippen LogP contribution in [0, 0.1) is 0 Å². The molecule has 0 saturated carbocycles. The van der Waals surface area contributed by atoms with Crippen LogP contribution in [0.2, 0.25) is 0 Å². The molecule has 3 amide bonds. The maximum Gasteiger partial charge on any atom is 0.318 e. The Morgan fingerprint density at radius 3 is 2.21 bits per heavy atom. The molecule has 0 aliphatic rings. The van der Waals surface area contributed by atoms with Gasteiger partial charge in [-0.2, -0.15) is 0 Å². The van der Waals surface area contributed by atoms with Crippen molar-refractivity contribution in [3.8, 4) is 0 Å². The molecule has 0 aromatic heterocycles. The number of anilines is 2. The number of carbonyl (C=O) groups excluding carboxylic acids is 2. The van der Waals surface area contributed by atoms with E-state index in [-0.39, 0.29) is 11.9 Å². The fourth-order valence-corrected chi connectivity index (χ4v) is 2.72. The molecule has 24 heavy (non-hydrogen) atoms. The van der Waals surface area contributed by atoms with Crippen LogP contribution in [0.3, 0.4) is 0 Å². The SMILES string of the molecule is CNC(=O)Nc1ccc(NC(=O)c2cccc(CS(C)=O)c2)cc1. The molecule has 0 spiro atoms.